The number of hydrogen-bond acceptors (Lipinski definition) is 4. The van der Waals surface area contributed by atoms with Gasteiger partial charge >= 0.3 is 0 Å². The summed E-state index contributed by atoms with van der Waals surface area (Å²) in [6.45, 7) is 3.07. The zero-order chi connectivity index (χ0) is 14.4. The van der Waals surface area contributed by atoms with Crippen molar-refractivity contribution in [1.82, 2.24) is 4.98 Å². The van der Waals surface area contributed by atoms with E-state index in [2.05, 4.69) is 4.98 Å². The van der Waals surface area contributed by atoms with Crippen LogP contribution in [0.2, 0.25) is 5.02 Å². The molecule has 0 aliphatic carbocycles. The molecular formula is C15H17ClN2O2. The van der Waals surface area contributed by atoms with Gasteiger partial charge in [-0.15, -0.1) is 0 Å². The molecular weight excluding hydrogens is 276 g/mol. The van der Waals surface area contributed by atoms with Crippen molar-refractivity contribution in [3.63, 3.8) is 0 Å². The van der Waals surface area contributed by atoms with Gasteiger partial charge in [0.25, 0.3) is 0 Å². The first-order chi connectivity index (χ1) is 9.74. The van der Waals surface area contributed by atoms with Gasteiger partial charge in [-0.1, -0.05) is 30.7 Å². The van der Waals surface area contributed by atoms with Gasteiger partial charge in [0.2, 0.25) is 5.88 Å². The average Bonchev–Trinajstić information content (AvgIpc) is 2.48. The van der Waals surface area contributed by atoms with Crippen molar-refractivity contribution in [3.8, 4) is 17.4 Å². The number of pyridine rings is 1. The number of hydrogen-bond donors (Lipinski definition) is 1. The van der Waals surface area contributed by atoms with E-state index in [4.69, 9.17) is 26.8 Å². The summed E-state index contributed by atoms with van der Waals surface area (Å²) >= 11 is 6.13. The maximum atomic E-state index is 6.13. The fraction of sp³-hybridized carbons (Fsp3) is 0.267. The Kier molecular flexibility index (Phi) is 5.21. The molecule has 0 fully saturated rings. The third kappa shape index (κ3) is 3.62. The first-order valence-electron chi connectivity index (χ1n) is 6.48. The molecule has 0 saturated heterocycles. The second kappa shape index (κ2) is 7.12. The minimum atomic E-state index is 0.344. The number of aromatic nitrogens is 1. The van der Waals surface area contributed by atoms with Gasteiger partial charge in [-0.2, -0.15) is 0 Å². The monoisotopic (exact) mass is 292 g/mol. The molecule has 0 aliphatic rings. The van der Waals surface area contributed by atoms with E-state index >= 15 is 0 Å². The maximum Gasteiger partial charge on any atom is 0.238 e. The number of nitrogens with zero attached hydrogens (tertiary/aromatic N) is 1. The summed E-state index contributed by atoms with van der Waals surface area (Å²) in [5.74, 6) is 1.61. The van der Waals surface area contributed by atoms with Gasteiger partial charge in [0.1, 0.15) is 5.02 Å². The Morgan fingerprint density at radius 3 is 2.65 bits per heavy atom. The fourth-order valence-electron chi connectivity index (χ4n) is 1.62. The van der Waals surface area contributed by atoms with Crippen molar-refractivity contribution in [2.45, 2.75) is 19.9 Å². The summed E-state index contributed by atoms with van der Waals surface area (Å²) in [6.07, 6.45) is 2.58. The van der Waals surface area contributed by atoms with Crippen LogP contribution >= 0.6 is 11.6 Å². The lowest BCUT2D eigenvalue weighted by Gasteiger charge is -2.12. The standard InChI is InChI=1S/C15H17ClN2O2/c1-2-7-19-13-5-3-4-6-14(13)20-15-12(16)8-11(9-17)10-18-15/h3-6,8,10H,2,7,9,17H2,1H3. The first kappa shape index (κ1) is 14.6. The number of para-hydroxylation sites is 2. The van der Waals surface area contributed by atoms with Crippen LogP contribution in [0.1, 0.15) is 18.9 Å². The second-order valence-electron chi connectivity index (χ2n) is 4.23. The lowest BCUT2D eigenvalue weighted by molar-refractivity contribution is 0.301. The fourth-order valence-corrected chi connectivity index (χ4v) is 1.85. The van der Waals surface area contributed by atoms with Gasteiger partial charge in [-0.05, 0) is 30.2 Å². The van der Waals surface area contributed by atoms with E-state index in [9.17, 15) is 0 Å². The van der Waals surface area contributed by atoms with Crippen LogP contribution in [0.5, 0.6) is 17.4 Å². The SMILES string of the molecule is CCCOc1ccccc1Oc1ncc(CN)cc1Cl. The van der Waals surface area contributed by atoms with E-state index in [0.717, 1.165) is 12.0 Å². The van der Waals surface area contributed by atoms with Crippen LogP contribution in [-0.4, -0.2) is 11.6 Å². The Morgan fingerprint density at radius 1 is 1.25 bits per heavy atom. The Morgan fingerprint density at radius 2 is 2.00 bits per heavy atom. The number of rotatable bonds is 6. The van der Waals surface area contributed by atoms with Crippen molar-refractivity contribution in [3.05, 3.63) is 47.1 Å². The molecule has 1 aromatic heterocycles. The zero-order valence-electron chi connectivity index (χ0n) is 11.3. The highest BCUT2D eigenvalue weighted by Crippen LogP contribution is 2.33. The minimum absolute atomic E-state index is 0.344. The molecule has 2 aromatic rings. The van der Waals surface area contributed by atoms with Crippen LogP contribution in [0.15, 0.2) is 36.5 Å². The molecule has 4 nitrogen and oxygen atoms in total. The van der Waals surface area contributed by atoms with Gasteiger partial charge in [0.05, 0.1) is 6.61 Å². The van der Waals surface area contributed by atoms with E-state index in [1.165, 1.54) is 0 Å². The van der Waals surface area contributed by atoms with Gasteiger partial charge in [-0.25, -0.2) is 4.98 Å². The molecule has 0 bridgehead atoms. The van der Waals surface area contributed by atoms with Crippen molar-refractivity contribution in [2.75, 3.05) is 6.61 Å². The van der Waals surface area contributed by atoms with E-state index in [0.29, 0.717) is 35.6 Å². The quantitative estimate of drug-likeness (QED) is 0.880. The van der Waals surface area contributed by atoms with Crippen molar-refractivity contribution in [2.24, 2.45) is 5.73 Å². The molecule has 0 amide bonds. The summed E-state index contributed by atoms with van der Waals surface area (Å²) in [4.78, 5) is 4.18. The number of nitrogens with two attached hydrogens (primary N) is 1. The van der Waals surface area contributed by atoms with Crippen molar-refractivity contribution < 1.29 is 9.47 Å². The molecule has 0 aliphatic heterocycles. The van der Waals surface area contributed by atoms with Crippen molar-refractivity contribution in [1.29, 1.82) is 0 Å². The van der Waals surface area contributed by atoms with Crippen LogP contribution in [0.4, 0.5) is 0 Å². The second-order valence-corrected chi connectivity index (χ2v) is 4.64. The molecule has 1 aromatic carbocycles. The van der Waals surface area contributed by atoms with E-state index < -0.39 is 0 Å². The molecule has 5 heteroatoms. The summed E-state index contributed by atoms with van der Waals surface area (Å²) in [5.41, 5.74) is 6.40. The molecule has 0 spiro atoms. The molecule has 0 unspecified atom stereocenters. The van der Waals surface area contributed by atoms with Crippen LogP contribution in [0, 0.1) is 0 Å². The third-order valence-corrected chi connectivity index (χ3v) is 2.89. The molecule has 0 atom stereocenters. The molecule has 1 heterocycles. The largest absolute Gasteiger partial charge is 0.490 e. The Bertz CT molecular complexity index is 576. The van der Waals surface area contributed by atoms with Gasteiger partial charge in [0.15, 0.2) is 11.5 Å². The molecule has 0 radical (unpaired) electrons. The predicted molar refractivity (Wildman–Crippen MR) is 79.4 cm³/mol. The Labute approximate surface area is 123 Å². The third-order valence-electron chi connectivity index (χ3n) is 2.62. The van der Waals surface area contributed by atoms with E-state index in [-0.39, 0.29) is 0 Å². The highest BCUT2D eigenvalue weighted by atomic mass is 35.5. The number of halogens is 1. The van der Waals surface area contributed by atoms with Crippen LogP contribution in [0.3, 0.4) is 0 Å². The summed E-state index contributed by atoms with van der Waals surface area (Å²) in [7, 11) is 0. The summed E-state index contributed by atoms with van der Waals surface area (Å²) < 4.78 is 11.4. The Balaban J connectivity index is 2.21. The van der Waals surface area contributed by atoms with Gasteiger partial charge < -0.3 is 15.2 Å². The summed E-state index contributed by atoms with van der Waals surface area (Å²) in [5, 5.41) is 0.429. The number of benzene rings is 1. The smallest absolute Gasteiger partial charge is 0.238 e. The van der Waals surface area contributed by atoms with Gasteiger partial charge in [-0.3, -0.25) is 0 Å². The molecule has 0 saturated carbocycles. The Hall–Kier alpha value is -1.78. The van der Waals surface area contributed by atoms with Crippen molar-refractivity contribution >= 4 is 11.6 Å². The highest BCUT2D eigenvalue weighted by molar-refractivity contribution is 6.31. The normalized spacial score (nSPS) is 10.3. The maximum absolute atomic E-state index is 6.13. The lowest BCUT2D eigenvalue weighted by atomic mass is 10.3. The molecule has 106 valence electrons. The molecule has 20 heavy (non-hydrogen) atoms. The van der Waals surface area contributed by atoms with Gasteiger partial charge in [0, 0.05) is 12.7 Å². The van der Waals surface area contributed by atoms with Crippen LogP contribution in [0.25, 0.3) is 0 Å². The lowest BCUT2D eigenvalue weighted by Crippen LogP contribution is -2.00. The minimum Gasteiger partial charge on any atom is -0.490 e. The van der Waals surface area contributed by atoms with Crippen LogP contribution < -0.4 is 15.2 Å². The molecule has 2 rings (SSSR count). The summed E-state index contributed by atoms with van der Waals surface area (Å²) in [6, 6.07) is 9.19. The van der Waals surface area contributed by atoms with Crippen LogP contribution in [-0.2, 0) is 6.54 Å². The van der Waals surface area contributed by atoms with E-state index in [1.807, 2.05) is 31.2 Å². The highest BCUT2D eigenvalue weighted by Gasteiger charge is 2.10. The zero-order valence-corrected chi connectivity index (χ0v) is 12.1. The topological polar surface area (TPSA) is 57.4 Å². The van der Waals surface area contributed by atoms with E-state index in [1.54, 1.807) is 12.3 Å². The predicted octanol–water partition coefficient (Wildman–Crippen LogP) is 3.77. The molecule has 2 N–H and O–H groups in total. The first-order valence-corrected chi connectivity index (χ1v) is 6.86. The number of ether oxygens (including phenoxy) is 2. The average molecular weight is 293 g/mol.